The monoisotopic (exact) mass is 361 g/mol. The first kappa shape index (κ1) is 19.1. The highest BCUT2D eigenvalue weighted by Gasteiger charge is 2.40. The molecule has 0 saturated heterocycles. The molecule has 3 rings (SSSR count). The molecule has 3 heteroatoms. The zero-order chi connectivity index (χ0) is 19.7. The molecule has 1 aliphatic rings. The van der Waals surface area contributed by atoms with Crippen molar-refractivity contribution in [3.8, 4) is 0 Å². The number of imide groups is 1. The van der Waals surface area contributed by atoms with Crippen LogP contribution in [-0.2, 0) is 0 Å². The van der Waals surface area contributed by atoms with Crippen molar-refractivity contribution >= 4 is 23.6 Å². The van der Waals surface area contributed by atoms with Gasteiger partial charge in [0.2, 0.25) is 0 Å². The third-order valence-electron chi connectivity index (χ3n) is 5.05. The average molecular weight is 361 g/mol. The van der Waals surface area contributed by atoms with Crippen molar-refractivity contribution in [3.63, 3.8) is 0 Å². The number of anilines is 1. The molecule has 27 heavy (non-hydrogen) atoms. The van der Waals surface area contributed by atoms with Gasteiger partial charge >= 0.3 is 0 Å². The Morgan fingerprint density at radius 3 is 2.04 bits per heavy atom. The number of benzene rings is 2. The molecule has 0 bridgehead atoms. The Labute approximate surface area is 161 Å². The van der Waals surface area contributed by atoms with E-state index >= 15 is 0 Å². The zero-order valence-electron chi connectivity index (χ0n) is 16.7. The highest BCUT2D eigenvalue weighted by atomic mass is 16.2. The predicted octanol–water partition coefficient (Wildman–Crippen LogP) is 6.16. The lowest BCUT2D eigenvalue weighted by molar-refractivity contribution is 0.0925. The number of amides is 2. The van der Waals surface area contributed by atoms with E-state index in [1.165, 1.54) is 4.90 Å². The lowest BCUT2D eigenvalue weighted by Crippen LogP contribution is -2.32. The molecule has 0 unspecified atom stereocenters. The number of para-hydroxylation sites is 1. The molecule has 0 N–H and O–H groups in total. The van der Waals surface area contributed by atoms with Gasteiger partial charge in [-0.25, -0.2) is 4.90 Å². The number of nitrogens with zero attached hydrogens (tertiary/aromatic N) is 1. The van der Waals surface area contributed by atoms with Crippen molar-refractivity contribution in [3.05, 3.63) is 70.3 Å². The Balaban J connectivity index is 2.22. The van der Waals surface area contributed by atoms with Gasteiger partial charge in [-0.05, 0) is 41.0 Å². The van der Waals surface area contributed by atoms with E-state index in [0.717, 1.165) is 28.8 Å². The normalized spacial score (nSPS) is 14.1. The van der Waals surface area contributed by atoms with Gasteiger partial charge in [0.1, 0.15) is 0 Å². The van der Waals surface area contributed by atoms with E-state index in [-0.39, 0.29) is 23.7 Å². The average Bonchev–Trinajstić information content (AvgIpc) is 2.90. The molecule has 0 fully saturated rings. The van der Waals surface area contributed by atoms with E-state index in [0.29, 0.717) is 11.1 Å². The highest BCUT2D eigenvalue weighted by molar-refractivity contribution is 6.35. The second-order valence-electron chi connectivity index (χ2n) is 7.62. The Bertz CT molecular complexity index is 896. The van der Waals surface area contributed by atoms with Crippen LogP contribution in [0.25, 0.3) is 6.08 Å². The van der Waals surface area contributed by atoms with E-state index in [4.69, 9.17) is 0 Å². The maximum absolute atomic E-state index is 13.4. The maximum Gasteiger partial charge on any atom is 0.266 e. The van der Waals surface area contributed by atoms with Crippen LogP contribution in [0.3, 0.4) is 0 Å². The number of rotatable bonds is 5. The smallest absolute Gasteiger partial charge is 0.266 e. The first-order valence-corrected chi connectivity index (χ1v) is 9.69. The molecule has 0 atom stereocenters. The molecule has 3 nitrogen and oxygen atoms in total. The fourth-order valence-electron chi connectivity index (χ4n) is 3.67. The van der Waals surface area contributed by atoms with E-state index in [9.17, 15) is 9.59 Å². The summed E-state index contributed by atoms with van der Waals surface area (Å²) in [5.74, 6) is -0.0250. The SMILES string of the molecule is CC/C=C/c1cccc2c1C(=O)N(c1c(C(C)C)cccc1C(C)C)C2=O. The van der Waals surface area contributed by atoms with Crippen LogP contribution >= 0.6 is 0 Å². The van der Waals surface area contributed by atoms with E-state index in [1.807, 2.05) is 49.4 Å². The molecule has 140 valence electrons. The Morgan fingerprint density at radius 1 is 0.889 bits per heavy atom. The van der Waals surface area contributed by atoms with Gasteiger partial charge < -0.3 is 0 Å². The number of carbonyl (C=O) groups excluding carboxylic acids is 2. The molecule has 0 radical (unpaired) electrons. The molecular formula is C24H27NO2. The summed E-state index contributed by atoms with van der Waals surface area (Å²) in [7, 11) is 0. The first-order valence-electron chi connectivity index (χ1n) is 9.69. The minimum atomic E-state index is -0.225. The quantitative estimate of drug-likeness (QED) is 0.598. The molecule has 1 heterocycles. The standard InChI is InChI=1S/C24H27NO2/c1-6-7-10-17-11-8-14-20-21(17)24(27)25(23(20)26)22-18(15(2)3)12-9-13-19(22)16(4)5/h7-16H,6H2,1-5H3/b10-7+. The Morgan fingerprint density at radius 2 is 1.48 bits per heavy atom. The number of fused-ring (bicyclic) bond motifs is 1. The number of carbonyl (C=O) groups is 2. The lowest BCUT2D eigenvalue weighted by atomic mass is 9.92. The summed E-state index contributed by atoms with van der Waals surface area (Å²) in [4.78, 5) is 28.1. The summed E-state index contributed by atoms with van der Waals surface area (Å²) in [5.41, 5.74) is 4.64. The first-order chi connectivity index (χ1) is 12.9. The second kappa shape index (κ2) is 7.51. The van der Waals surface area contributed by atoms with E-state index < -0.39 is 0 Å². The van der Waals surface area contributed by atoms with Crippen LogP contribution in [0.2, 0.25) is 0 Å². The molecule has 0 saturated carbocycles. The molecule has 0 aliphatic carbocycles. The number of hydrogen-bond acceptors (Lipinski definition) is 2. The second-order valence-corrected chi connectivity index (χ2v) is 7.62. The minimum Gasteiger partial charge on any atom is -0.268 e. The van der Waals surface area contributed by atoms with Gasteiger partial charge in [-0.15, -0.1) is 0 Å². The summed E-state index contributed by atoms with van der Waals surface area (Å²) in [6.45, 7) is 10.4. The molecule has 2 amide bonds. The van der Waals surface area contributed by atoms with Crippen molar-refractivity contribution in [2.75, 3.05) is 4.90 Å². The van der Waals surface area contributed by atoms with Crippen LogP contribution in [-0.4, -0.2) is 11.8 Å². The van der Waals surface area contributed by atoms with Crippen LogP contribution in [0, 0.1) is 0 Å². The van der Waals surface area contributed by atoms with E-state index in [1.54, 1.807) is 6.07 Å². The predicted molar refractivity (Wildman–Crippen MR) is 112 cm³/mol. The third kappa shape index (κ3) is 3.23. The Kier molecular flexibility index (Phi) is 5.31. The van der Waals surface area contributed by atoms with Crippen molar-refractivity contribution in [1.82, 2.24) is 0 Å². The minimum absolute atomic E-state index is 0.211. The third-order valence-corrected chi connectivity index (χ3v) is 5.05. The van der Waals surface area contributed by atoms with Crippen molar-refractivity contribution in [2.24, 2.45) is 0 Å². The van der Waals surface area contributed by atoms with Gasteiger partial charge in [0.15, 0.2) is 0 Å². The zero-order valence-corrected chi connectivity index (χ0v) is 16.7. The maximum atomic E-state index is 13.4. The molecule has 2 aromatic rings. The van der Waals surface area contributed by atoms with Crippen molar-refractivity contribution in [2.45, 2.75) is 52.9 Å². The van der Waals surface area contributed by atoms with Crippen molar-refractivity contribution < 1.29 is 9.59 Å². The van der Waals surface area contributed by atoms with Crippen LogP contribution in [0.4, 0.5) is 5.69 Å². The van der Waals surface area contributed by atoms with Gasteiger partial charge in [0.05, 0.1) is 16.8 Å². The fraction of sp³-hybridized carbons (Fsp3) is 0.333. The van der Waals surface area contributed by atoms with Crippen LogP contribution in [0.5, 0.6) is 0 Å². The molecule has 0 spiro atoms. The summed E-state index contributed by atoms with van der Waals surface area (Å²) < 4.78 is 0. The molecular weight excluding hydrogens is 334 g/mol. The summed E-state index contributed by atoms with van der Waals surface area (Å²) in [5, 5.41) is 0. The summed E-state index contributed by atoms with van der Waals surface area (Å²) >= 11 is 0. The Hall–Kier alpha value is -2.68. The lowest BCUT2D eigenvalue weighted by Gasteiger charge is -2.25. The van der Waals surface area contributed by atoms with Gasteiger partial charge in [0.25, 0.3) is 11.8 Å². The van der Waals surface area contributed by atoms with Crippen molar-refractivity contribution in [1.29, 1.82) is 0 Å². The summed E-state index contributed by atoms with van der Waals surface area (Å²) in [6, 6.07) is 11.6. The number of allylic oxidation sites excluding steroid dienone is 1. The molecule has 1 aliphatic heterocycles. The van der Waals surface area contributed by atoms with Crippen LogP contribution in [0.15, 0.2) is 42.5 Å². The largest absolute Gasteiger partial charge is 0.268 e. The topological polar surface area (TPSA) is 37.4 Å². The van der Waals surface area contributed by atoms with Gasteiger partial charge in [-0.1, -0.05) is 77.1 Å². The van der Waals surface area contributed by atoms with E-state index in [2.05, 4.69) is 27.7 Å². The highest BCUT2D eigenvalue weighted by Crippen LogP contribution is 2.40. The molecule has 2 aromatic carbocycles. The van der Waals surface area contributed by atoms with Gasteiger partial charge in [-0.3, -0.25) is 9.59 Å². The van der Waals surface area contributed by atoms with Crippen LogP contribution < -0.4 is 4.90 Å². The summed E-state index contributed by atoms with van der Waals surface area (Å²) in [6.07, 6.45) is 4.83. The number of hydrogen-bond donors (Lipinski definition) is 0. The van der Waals surface area contributed by atoms with Crippen LogP contribution in [0.1, 0.15) is 90.3 Å². The van der Waals surface area contributed by atoms with Gasteiger partial charge in [0, 0.05) is 0 Å². The van der Waals surface area contributed by atoms with Gasteiger partial charge in [-0.2, -0.15) is 0 Å². The molecule has 0 aromatic heterocycles. The fourth-order valence-corrected chi connectivity index (χ4v) is 3.67.